The van der Waals surface area contributed by atoms with Crippen LogP contribution in [0.4, 0.5) is 5.13 Å². The summed E-state index contributed by atoms with van der Waals surface area (Å²) in [6, 6.07) is 18.1. The smallest absolute Gasteiger partial charge is 0.233 e. The van der Waals surface area contributed by atoms with Gasteiger partial charge in [0.2, 0.25) is 5.91 Å². The molecule has 0 radical (unpaired) electrons. The molecule has 4 rings (SSSR count). The summed E-state index contributed by atoms with van der Waals surface area (Å²) in [5.74, 6) is 0.0221. The maximum absolute atomic E-state index is 13.3. The zero-order valence-electron chi connectivity index (χ0n) is 16.8. The first-order valence-electron chi connectivity index (χ1n) is 9.64. The zero-order valence-corrected chi connectivity index (χ0v) is 17.7. The molecule has 0 spiro atoms. The van der Waals surface area contributed by atoms with Crippen molar-refractivity contribution >= 4 is 32.6 Å². The second kappa shape index (κ2) is 8.13. The van der Waals surface area contributed by atoms with Gasteiger partial charge in [0.05, 0.1) is 28.9 Å². The summed E-state index contributed by atoms with van der Waals surface area (Å²) in [5, 5.41) is 0.722. The van der Waals surface area contributed by atoms with E-state index in [-0.39, 0.29) is 5.91 Å². The van der Waals surface area contributed by atoms with Crippen LogP contribution >= 0.6 is 11.3 Å². The van der Waals surface area contributed by atoms with Gasteiger partial charge in [-0.2, -0.15) is 0 Å². The largest absolute Gasteiger partial charge is 0.282 e. The van der Waals surface area contributed by atoms with Gasteiger partial charge in [-0.15, -0.1) is 0 Å². The van der Waals surface area contributed by atoms with E-state index in [1.54, 1.807) is 22.4 Å². The Bertz CT molecular complexity index is 1110. The molecule has 0 aliphatic carbocycles. The van der Waals surface area contributed by atoms with E-state index in [1.165, 1.54) is 11.1 Å². The van der Waals surface area contributed by atoms with Crippen LogP contribution in [0.2, 0.25) is 0 Å². The lowest BCUT2D eigenvalue weighted by Crippen LogP contribution is -2.32. The minimum Gasteiger partial charge on any atom is -0.282 e. The highest BCUT2D eigenvalue weighted by molar-refractivity contribution is 7.22. The summed E-state index contributed by atoms with van der Waals surface area (Å²) in [7, 11) is 0. The molecular weight excluding hydrogens is 378 g/mol. The van der Waals surface area contributed by atoms with Gasteiger partial charge in [-0.3, -0.25) is 14.7 Å². The summed E-state index contributed by atoms with van der Waals surface area (Å²) >= 11 is 1.57. The van der Waals surface area contributed by atoms with Crippen molar-refractivity contribution in [1.82, 2.24) is 9.97 Å². The van der Waals surface area contributed by atoms with Crippen LogP contribution in [0.1, 0.15) is 27.9 Å². The van der Waals surface area contributed by atoms with Crippen LogP contribution < -0.4 is 4.90 Å². The summed E-state index contributed by atoms with van der Waals surface area (Å²) in [6.45, 7) is 6.59. The van der Waals surface area contributed by atoms with Gasteiger partial charge in [0.25, 0.3) is 0 Å². The molecule has 0 saturated carbocycles. The van der Waals surface area contributed by atoms with E-state index in [2.05, 4.69) is 31.0 Å². The van der Waals surface area contributed by atoms with Crippen LogP contribution in [0.25, 0.3) is 10.2 Å². The van der Waals surface area contributed by atoms with Crippen molar-refractivity contribution in [3.63, 3.8) is 0 Å². The normalized spacial score (nSPS) is 11.0. The van der Waals surface area contributed by atoms with Gasteiger partial charge in [-0.05, 0) is 49.6 Å². The molecule has 2 heterocycles. The lowest BCUT2D eigenvalue weighted by Gasteiger charge is -2.19. The van der Waals surface area contributed by atoms with E-state index in [0.29, 0.717) is 13.0 Å². The first-order chi connectivity index (χ1) is 14.0. The number of amides is 1. The number of hydrogen-bond donors (Lipinski definition) is 0. The van der Waals surface area contributed by atoms with Gasteiger partial charge in [-0.1, -0.05) is 59.4 Å². The molecule has 0 aliphatic heterocycles. The molecule has 1 amide bonds. The van der Waals surface area contributed by atoms with Crippen LogP contribution in [-0.4, -0.2) is 15.9 Å². The van der Waals surface area contributed by atoms with Gasteiger partial charge >= 0.3 is 0 Å². The third kappa shape index (κ3) is 4.20. The van der Waals surface area contributed by atoms with E-state index < -0.39 is 0 Å². The second-order valence-corrected chi connectivity index (χ2v) is 8.31. The minimum absolute atomic E-state index is 0.0221. The van der Waals surface area contributed by atoms with E-state index in [0.717, 1.165) is 32.2 Å². The predicted octanol–water partition coefficient (Wildman–Crippen LogP) is 5.39. The maximum Gasteiger partial charge on any atom is 0.233 e. The Kier molecular flexibility index (Phi) is 5.41. The molecule has 2 aromatic carbocycles. The molecule has 5 heteroatoms. The van der Waals surface area contributed by atoms with Gasteiger partial charge in [0, 0.05) is 6.20 Å². The molecule has 0 unspecified atom stereocenters. The molecule has 0 aliphatic rings. The van der Waals surface area contributed by atoms with E-state index in [1.807, 2.05) is 49.4 Å². The Labute approximate surface area is 174 Å². The topological polar surface area (TPSA) is 46.1 Å². The standard InChI is InChI=1S/C24H23N3OS/c1-16-7-11-19(12-8-16)14-21(28)27(15-20-6-4-5-13-25-20)24-26-22-17(2)9-10-18(3)23(22)29-24/h4-13H,14-15H2,1-3H3. The average molecular weight is 402 g/mol. The Hall–Kier alpha value is -3.05. The van der Waals surface area contributed by atoms with Crippen LogP contribution in [0, 0.1) is 20.8 Å². The number of pyridine rings is 1. The predicted molar refractivity (Wildman–Crippen MR) is 119 cm³/mol. The van der Waals surface area contributed by atoms with Gasteiger partial charge in [0.15, 0.2) is 5.13 Å². The molecule has 4 aromatic rings. The Morgan fingerprint density at radius 3 is 2.41 bits per heavy atom. The molecule has 0 atom stereocenters. The highest BCUT2D eigenvalue weighted by Gasteiger charge is 2.22. The third-order valence-electron chi connectivity index (χ3n) is 4.99. The molecule has 0 bridgehead atoms. The molecule has 2 aromatic heterocycles. The van der Waals surface area contributed by atoms with Crippen LogP contribution in [0.15, 0.2) is 60.8 Å². The molecule has 0 saturated heterocycles. The van der Waals surface area contributed by atoms with Crippen LogP contribution in [-0.2, 0) is 17.8 Å². The van der Waals surface area contributed by atoms with Crippen molar-refractivity contribution in [2.45, 2.75) is 33.7 Å². The van der Waals surface area contributed by atoms with Crippen molar-refractivity contribution in [1.29, 1.82) is 0 Å². The minimum atomic E-state index is 0.0221. The molecular formula is C24H23N3OS. The lowest BCUT2D eigenvalue weighted by atomic mass is 10.1. The number of hydrogen-bond acceptors (Lipinski definition) is 4. The summed E-state index contributed by atoms with van der Waals surface area (Å²) in [6.07, 6.45) is 2.09. The van der Waals surface area contributed by atoms with Crippen LogP contribution in [0.5, 0.6) is 0 Å². The number of nitrogens with zero attached hydrogens (tertiary/aromatic N) is 3. The fourth-order valence-electron chi connectivity index (χ4n) is 3.26. The van der Waals surface area contributed by atoms with Crippen molar-refractivity contribution in [3.8, 4) is 0 Å². The molecule has 0 N–H and O–H groups in total. The third-order valence-corrected chi connectivity index (χ3v) is 6.20. The van der Waals surface area contributed by atoms with Gasteiger partial charge in [-0.25, -0.2) is 4.98 Å². The molecule has 29 heavy (non-hydrogen) atoms. The van der Waals surface area contributed by atoms with Gasteiger partial charge in [0.1, 0.15) is 0 Å². The maximum atomic E-state index is 13.3. The quantitative estimate of drug-likeness (QED) is 0.450. The Morgan fingerprint density at radius 2 is 1.72 bits per heavy atom. The SMILES string of the molecule is Cc1ccc(CC(=O)N(Cc2ccccn2)c2nc3c(C)ccc(C)c3s2)cc1. The van der Waals surface area contributed by atoms with Gasteiger partial charge < -0.3 is 0 Å². The first-order valence-corrected chi connectivity index (χ1v) is 10.5. The Morgan fingerprint density at radius 1 is 0.966 bits per heavy atom. The highest BCUT2D eigenvalue weighted by Crippen LogP contribution is 2.34. The van der Waals surface area contributed by atoms with Crippen LogP contribution in [0.3, 0.4) is 0 Å². The first kappa shape index (κ1) is 19.3. The lowest BCUT2D eigenvalue weighted by molar-refractivity contribution is -0.118. The highest BCUT2D eigenvalue weighted by atomic mass is 32.1. The number of aryl methyl sites for hydroxylation is 3. The van der Waals surface area contributed by atoms with Crippen molar-refractivity contribution < 1.29 is 4.79 Å². The number of thiazole rings is 1. The number of carbonyl (C=O) groups is 1. The number of benzene rings is 2. The zero-order chi connectivity index (χ0) is 20.4. The molecule has 0 fully saturated rings. The van der Waals surface area contributed by atoms with E-state index >= 15 is 0 Å². The van der Waals surface area contributed by atoms with Crippen molar-refractivity contribution in [2.75, 3.05) is 4.90 Å². The number of anilines is 1. The summed E-state index contributed by atoms with van der Waals surface area (Å²) < 4.78 is 1.13. The van der Waals surface area contributed by atoms with E-state index in [4.69, 9.17) is 4.98 Å². The summed E-state index contributed by atoms with van der Waals surface area (Å²) in [5.41, 5.74) is 6.30. The fourth-order valence-corrected chi connectivity index (χ4v) is 4.38. The van der Waals surface area contributed by atoms with Crippen molar-refractivity contribution in [2.24, 2.45) is 0 Å². The Balaban J connectivity index is 1.72. The monoisotopic (exact) mass is 401 g/mol. The van der Waals surface area contributed by atoms with Crippen molar-refractivity contribution in [3.05, 3.63) is 88.7 Å². The average Bonchev–Trinajstić information content (AvgIpc) is 3.18. The number of carbonyl (C=O) groups excluding carboxylic acids is 1. The van der Waals surface area contributed by atoms with E-state index in [9.17, 15) is 4.79 Å². The molecule has 4 nitrogen and oxygen atoms in total. The molecule has 146 valence electrons. The summed E-state index contributed by atoms with van der Waals surface area (Å²) in [4.78, 5) is 24.3. The second-order valence-electron chi connectivity index (χ2n) is 7.34. The fraction of sp³-hybridized carbons (Fsp3) is 0.208. The number of rotatable bonds is 5. The number of aromatic nitrogens is 2. The number of fused-ring (bicyclic) bond motifs is 1.